The van der Waals surface area contributed by atoms with Gasteiger partial charge in [0.1, 0.15) is 6.04 Å². The maximum absolute atomic E-state index is 13.1. The molecule has 5 rings (SSSR count). The lowest BCUT2D eigenvalue weighted by molar-refractivity contribution is -0.136. The molecule has 4 amide bonds. The van der Waals surface area contributed by atoms with Gasteiger partial charge in [0.05, 0.1) is 0 Å². The SMILES string of the molecule is O=C1CCC(N2Cc3c(C(=O)Nc4ccc(N5CCNCC5)cc4)cccc3C2=O)C(=O)N1. The first-order chi connectivity index (χ1) is 16.0. The number of imide groups is 1. The van der Waals surface area contributed by atoms with Crippen LogP contribution < -0.4 is 20.9 Å². The van der Waals surface area contributed by atoms with Gasteiger partial charge in [-0.05, 0) is 48.4 Å². The van der Waals surface area contributed by atoms with Gasteiger partial charge in [0.2, 0.25) is 11.8 Å². The zero-order valence-electron chi connectivity index (χ0n) is 18.1. The third kappa shape index (κ3) is 4.07. The lowest BCUT2D eigenvalue weighted by atomic mass is 10.0. The smallest absolute Gasteiger partial charge is 0.256 e. The summed E-state index contributed by atoms with van der Waals surface area (Å²) in [5.74, 6) is -1.40. The number of benzene rings is 2. The molecule has 2 aromatic rings. The van der Waals surface area contributed by atoms with Crippen molar-refractivity contribution in [3.63, 3.8) is 0 Å². The van der Waals surface area contributed by atoms with E-state index in [0.29, 0.717) is 22.4 Å². The number of fused-ring (bicyclic) bond motifs is 1. The molecule has 1 unspecified atom stereocenters. The van der Waals surface area contributed by atoms with Gasteiger partial charge in [-0.1, -0.05) is 6.07 Å². The minimum Gasteiger partial charge on any atom is -0.369 e. The van der Waals surface area contributed by atoms with Crippen LogP contribution in [-0.2, 0) is 16.1 Å². The molecule has 3 heterocycles. The number of hydrogen-bond acceptors (Lipinski definition) is 6. The van der Waals surface area contributed by atoms with E-state index in [4.69, 9.17) is 0 Å². The lowest BCUT2D eigenvalue weighted by Gasteiger charge is -2.29. The molecule has 9 nitrogen and oxygen atoms in total. The van der Waals surface area contributed by atoms with Crippen LogP contribution in [0.5, 0.6) is 0 Å². The van der Waals surface area contributed by atoms with Gasteiger partial charge in [-0.3, -0.25) is 24.5 Å². The molecule has 2 saturated heterocycles. The first-order valence-corrected chi connectivity index (χ1v) is 11.1. The van der Waals surface area contributed by atoms with E-state index in [1.807, 2.05) is 24.3 Å². The summed E-state index contributed by atoms with van der Waals surface area (Å²) >= 11 is 0. The van der Waals surface area contributed by atoms with Crippen molar-refractivity contribution in [1.82, 2.24) is 15.5 Å². The zero-order valence-corrected chi connectivity index (χ0v) is 18.1. The second kappa shape index (κ2) is 8.67. The van der Waals surface area contributed by atoms with Gasteiger partial charge in [0, 0.05) is 61.6 Å². The summed E-state index contributed by atoms with van der Waals surface area (Å²) in [5, 5.41) is 8.54. The van der Waals surface area contributed by atoms with Crippen LogP contribution >= 0.6 is 0 Å². The summed E-state index contributed by atoms with van der Waals surface area (Å²) in [6.45, 7) is 3.95. The van der Waals surface area contributed by atoms with E-state index in [1.165, 1.54) is 4.90 Å². The second-order valence-electron chi connectivity index (χ2n) is 8.47. The second-order valence-corrected chi connectivity index (χ2v) is 8.47. The van der Waals surface area contributed by atoms with E-state index >= 15 is 0 Å². The van der Waals surface area contributed by atoms with Crippen LogP contribution in [0.4, 0.5) is 11.4 Å². The van der Waals surface area contributed by atoms with Crippen molar-refractivity contribution in [3.05, 3.63) is 59.2 Å². The largest absolute Gasteiger partial charge is 0.369 e. The minimum absolute atomic E-state index is 0.159. The summed E-state index contributed by atoms with van der Waals surface area (Å²) in [5.41, 5.74) is 3.20. The number of anilines is 2. The number of carbonyl (C=O) groups is 4. The van der Waals surface area contributed by atoms with Crippen LogP contribution in [0.3, 0.4) is 0 Å². The monoisotopic (exact) mass is 447 g/mol. The number of rotatable bonds is 4. The first-order valence-electron chi connectivity index (χ1n) is 11.1. The van der Waals surface area contributed by atoms with Crippen molar-refractivity contribution < 1.29 is 19.2 Å². The molecule has 9 heteroatoms. The Labute approximate surface area is 191 Å². The fraction of sp³-hybridized carbons (Fsp3) is 0.333. The number of amides is 4. The standard InChI is InChI=1S/C24H25N5O4/c30-21-9-8-20(23(32)27-21)29-14-19-17(2-1-3-18(19)24(29)33)22(31)26-15-4-6-16(7-5-15)28-12-10-25-11-13-28/h1-7,20,25H,8-14H2,(H,26,31)(H,27,30,32). The summed E-state index contributed by atoms with van der Waals surface area (Å²) in [4.78, 5) is 53.5. The molecule has 3 aliphatic rings. The molecule has 2 aromatic carbocycles. The molecule has 0 bridgehead atoms. The van der Waals surface area contributed by atoms with Crippen LogP contribution in [0, 0.1) is 0 Å². The van der Waals surface area contributed by atoms with Crippen molar-refractivity contribution in [2.75, 3.05) is 36.4 Å². The van der Waals surface area contributed by atoms with Crippen LogP contribution in [0.25, 0.3) is 0 Å². The first kappa shape index (κ1) is 21.1. The average molecular weight is 447 g/mol. The van der Waals surface area contributed by atoms with Gasteiger partial charge in [-0.25, -0.2) is 0 Å². The average Bonchev–Trinajstić information content (AvgIpc) is 3.16. The summed E-state index contributed by atoms with van der Waals surface area (Å²) in [6.07, 6.45) is 0.471. The Morgan fingerprint density at radius 2 is 1.76 bits per heavy atom. The highest BCUT2D eigenvalue weighted by Crippen LogP contribution is 2.30. The fourth-order valence-corrected chi connectivity index (χ4v) is 4.68. The van der Waals surface area contributed by atoms with Gasteiger partial charge in [0.25, 0.3) is 11.8 Å². The normalized spacial score (nSPS) is 20.5. The lowest BCUT2D eigenvalue weighted by Crippen LogP contribution is -2.52. The Bertz CT molecular complexity index is 1120. The highest BCUT2D eigenvalue weighted by atomic mass is 16.2. The van der Waals surface area contributed by atoms with Crippen molar-refractivity contribution in [3.8, 4) is 0 Å². The van der Waals surface area contributed by atoms with Gasteiger partial charge >= 0.3 is 0 Å². The highest BCUT2D eigenvalue weighted by molar-refractivity contribution is 6.10. The Hall–Kier alpha value is -3.72. The maximum Gasteiger partial charge on any atom is 0.256 e. The highest BCUT2D eigenvalue weighted by Gasteiger charge is 2.40. The molecule has 170 valence electrons. The van der Waals surface area contributed by atoms with Crippen molar-refractivity contribution in [1.29, 1.82) is 0 Å². The fourth-order valence-electron chi connectivity index (χ4n) is 4.68. The van der Waals surface area contributed by atoms with E-state index in [0.717, 1.165) is 31.9 Å². The van der Waals surface area contributed by atoms with E-state index in [2.05, 4.69) is 20.9 Å². The van der Waals surface area contributed by atoms with Crippen LogP contribution in [0.1, 0.15) is 39.1 Å². The molecule has 33 heavy (non-hydrogen) atoms. The van der Waals surface area contributed by atoms with E-state index < -0.39 is 11.9 Å². The van der Waals surface area contributed by atoms with E-state index in [9.17, 15) is 19.2 Å². The topological polar surface area (TPSA) is 111 Å². The summed E-state index contributed by atoms with van der Waals surface area (Å²) < 4.78 is 0. The molecular weight excluding hydrogens is 422 g/mol. The van der Waals surface area contributed by atoms with E-state index in [-0.39, 0.29) is 37.1 Å². The van der Waals surface area contributed by atoms with Crippen molar-refractivity contribution in [2.45, 2.75) is 25.4 Å². The molecule has 0 aliphatic carbocycles. The Kier molecular flexibility index (Phi) is 5.55. The molecule has 3 aliphatic heterocycles. The predicted molar refractivity (Wildman–Crippen MR) is 122 cm³/mol. The molecule has 0 radical (unpaired) electrons. The number of piperidine rings is 1. The summed E-state index contributed by atoms with van der Waals surface area (Å²) in [7, 11) is 0. The van der Waals surface area contributed by atoms with Crippen LogP contribution in [0.2, 0.25) is 0 Å². The van der Waals surface area contributed by atoms with Crippen molar-refractivity contribution in [2.24, 2.45) is 0 Å². The third-order valence-corrected chi connectivity index (χ3v) is 6.43. The third-order valence-electron chi connectivity index (χ3n) is 6.43. The van der Waals surface area contributed by atoms with Gasteiger partial charge in [-0.2, -0.15) is 0 Å². The number of carbonyl (C=O) groups excluding carboxylic acids is 4. The van der Waals surface area contributed by atoms with Crippen LogP contribution in [-0.4, -0.2) is 60.7 Å². The molecule has 0 saturated carbocycles. The maximum atomic E-state index is 13.1. The quantitative estimate of drug-likeness (QED) is 0.606. The Morgan fingerprint density at radius 3 is 2.48 bits per heavy atom. The van der Waals surface area contributed by atoms with Gasteiger partial charge in [0.15, 0.2) is 0 Å². The van der Waals surface area contributed by atoms with Gasteiger partial charge < -0.3 is 20.4 Å². The Balaban J connectivity index is 1.31. The predicted octanol–water partition coefficient (Wildman–Crippen LogP) is 1.11. The number of nitrogens with one attached hydrogen (secondary N) is 3. The van der Waals surface area contributed by atoms with E-state index in [1.54, 1.807) is 18.2 Å². The van der Waals surface area contributed by atoms with Crippen LogP contribution in [0.15, 0.2) is 42.5 Å². The molecule has 2 fully saturated rings. The molecular formula is C24H25N5O4. The molecule has 3 N–H and O–H groups in total. The zero-order chi connectivity index (χ0) is 22.9. The number of nitrogens with zero attached hydrogens (tertiary/aromatic N) is 2. The van der Waals surface area contributed by atoms with Crippen molar-refractivity contribution >= 4 is 35.0 Å². The minimum atomic E-state index is -0.712. The Morgan fingerprint density at radius 1 is 1.00 bits per heavy atom. The molecule has 0 spiro atoms. The molecule has 0 aromatic heterocycles. The van der Waals surface area contributed by atoms with Gasteiger partial charge in [-0.15, -0.1) is 0 Å². The molecule has 1 atom stereocenters. The summed E-state index contributed by atoms with van der Waals surface area (Å²) in [6, 6.07) is 12.0. The number of hydrogen-bond donors (Lipinski definition) is 3. The number of piperazine rings is 1.